The van der Waals surface area contributed by atoms with E-state index in [0.29, 0.717) is 18.9 Å². The van der Waals surface area contributed by atoms with Crippen LogP contribution in [0.1, 0.15) is 33.6 Å². The zero-order valence-electron chi connectivity index (χ0n) is 11.1. The van der Waals surface area contributed by atoms with Gasteiger partial charge < -0.3 is 10.5 Å². The highest BCUT2D eigenvalue weighted by molar-refractivity contribution is 7.88. The number of rotatable bonds is 8. The minimum Gasteiger partial charge on any atom is -0.446 e. The molecule has 0 fully saturated rings. The van der Waals surface area contributed by atoms with Crippen molar-refractivity contribution in [1.29, 1.82) is 0 Å². The molecule has 1 atom stereocenters. The second-order valence-electron chi connectivity index (χ2n) is 4.44. The van der Waals surface area contributed by atoms with Gasteiger partial charge in [-0.1, -0.05) is 6.92 Å². The van der Waals surface area contributed by atoms with Crippen LogP contribution in [0.2, 0.25) is 0 Å². The molecular weight excluding hydrogens is 258 g/mol. The summed E-state index contributed by atoms with van der Waals surface area (Å²) in [6, 6.07) is 0. The molecule has 0 saturated carbocycles. The average Bonchev–Trinajstić information content (AvgIpc) is 2.21. The molecule has 0 aliphatic heterocycles. The zero-order chi connectivity index (χ0) is 14.2. The maximum Gasteiger partial charge on any atom is 0.422 e. The van der Waals surface area contributed by atoms with Crippen molar-refractivity contribution < 1.29 is 17.9 Å². The van der Waals surface area contributed by atoms with Gasteiger partial charge in [0.1, 0.15) is 0 Å². The molecule has 108 valence electrons. The SMILES string of the molecule is CC(CN)CCCNS(=O)(=O)NC(=O)OC(C)C. The van der Waals surface area contributed by atoms with Crippen LogP contribution in [-0.2, 0) is 14.9 Å². The Morgan fingerprint density at radius 1 is 1.33 bits per heavy atom. The van der Waals surface area contributed by atoms with E-state index in [9.17, 15) is 13.2 Å². The lowest BCUT2D eigenvalue weighted by molar-refractivity contribution is 0.121. The Balaban J connectivity index is 3.91. The molecule has 0 aromatic rings. The molecule has 18 heavy (non-hydrogen) atoms. The monoisotopic (exact) mass is 281 g/mol. The van der Waals surface area contributed by atoms with Gasteiger partial charge in [0.15, 0.2) is 0 Å². The summed E-state index contributed by atoms with van der Waals surface area (Å²) in [6.07, 6.45) is 0.145. The number of hydrogen-bond acceptors (Lipinski definition) is 5. The fourth-order valence-electron chi connectivity index (χ4n) is 1.16. The molecule has 4 N–H and O–H groups in total. The minimum atomic E-state index is -3.84. The number of amides is 1. The minimum absolute atomic E-state index is 0.259. The normalized spacial score (nSPS) is 13.4. The lowest BCUT2D eigenvalue weighted by Crippen LogP contribution is -2.41. The van der Waals surface area contributed by atoms with E-state index < -0.39 is 16.3 Å². The maximum absolute atomic E-state index is 11.4. The van der Waals surface area contributed by atoms with Gasteiger partial charge in [-0.05, 0) is 39.2 Å². The molecule has 1 amide bonds. The highest BCUT2D eigenvalue weighted by Gasteiger charge is 2.15. The van der Waals surface area contributed by atoms with E-state index in [2.05, 4.69) is 9.46 Å². The Bertz CT molecular complexity index is 343. The van der Waals surface area contributed by atoms with Crippen molar-refractivity contribution in [2.24, 2.45) is 11.7 Å². The van der Waals surface area contributed by atoms with Crippen LogP contribution in [0.15, 0.2) is 0 Å². The van der Waals surface area contributed by atoms with Gasteiger partial charge in [-0.15, -0.1) is 0 Å². The van der Waals surface area contributed by atoms with E-state index in [1.54, 1.807) is 18.6 Å². The van der Waals surface area contributed by atoms with E-state index in [0.717, 1.165) is 6.42 Å². The Hall–Kier alpha value is -0.860. The largest absolute Gasteiger partial charge is 0.446 e. The zero-order valence-corrected chi connectivity index (χ0v) is 11.9. The first-order valence-electron chi connectivity index (χ1n) is 5.95. The van der Waals surface area contributed by atoms with E-state index >= 15 is 0 Å². The van der Waals surface area contributed by atoms with Crippen molar-refractivity contribution >= 4 is 16.3 Å². The summed E-state index contributed by atoms with van der Waals surface area (Å²) in [5.41, 5.74) is 5.44. The van der Waals surface area contributed by atoms with Crippen LogP contribution in [0, 0.1) is 5.92 Å². The first-order chi connectivity index (χ1) is 8.26. The van der Waals surface area contributed by atoms with Crippen molar-refractivity contribution in [3.8, 4) is 0 Å². The lowest BCUT2D eigenvalue weighted by Gasteiger charge is -2.11. The summed E-state index contributed by atoms with van der Waals surface area (Å²) in [4.78, 5) is 11.1. The number of nitrogens with one attached hydrogen (secondary N) is 2. The first kappa shape index (κ1) is 17.1. The van der Waals surface area contributed by atoms with Crippen molar-refractivity contribution in [3.05, 3.63) is 0 Å². The fraction of sp³-hybridized carbons (Fsp3) is 0.900. The van der Waals surface area contributed by atoms with Crippen LogP contribution in [0.5, 0.6) is 0 Å². The first-order valence-corrected chi connectivity index (χ1v) is 7.43. The third kappa shape index (κ3) is 9.20. The Morgan fingerprint density at radius 2 is 1.94 bits per heavy atom. The predicted octanol–water partition coefficient (Wildman–Crippen LogP) is 0.330. The topological polar surface area (TPSA) is 111 Å². The van der Waals surface area contributed by atoms with Crippen LogP contribution in [-0.4, -0.2) is 33.7 Å². The van der Waals surface area contributed by atoms with E-state index in [1.807, 2.05) is 6.92 Å². The van der Waals surface area contributed by atoms with Crippen molar-refractivity contribution in [2.45, 2.75) is 39.7 Å². The third-order valence-corrected chi connectivity index (χ3v) is 3.15. The van der Waals surface area contributed by atoms with Crippen LogP contribution in [0.25, 0.3) is 0 Å². The molecule has 0 aliphatic carbocycles. The second-order valence-corrected chi connectivity index (χ2v) is 5.94. The fourth-order valence-corrected chi connectivity index (χ4v) is 1.91. The van der Waals surface area contributed by atoms with Gasteiger partial charge in [-0.25, -0.2) is 9.52 Å². The predicted molar refractivity (Wildman–Crippen MR) is 69.1 cm³/mol. The van der Waals surface area contributed by atoms with Gasteiger partial charge in [0.05, 0.1) is 6.10 Å². The molecule has 0 radical (unpaired) electrons. The molecule has 0 aromatic carbocycles. The molecule has 8 heteroatoms. The van der Waals surface area contributed by atoms with E-state index in [1.165, 1.54) is 0 Å². The molecule has 7 nitrogen and oxygen atoms in total. The molecule has 0 aromatic heterocycles. The lowest BCUT2D eigenvalue weighted by atomic mass is 10.1. The summed E-state index contributed by atoms with van der Waals surface area (Å²) in [6.45, 7) is 6.09. The van der Waals surface area contributed by atoms with E-state index in [-0.39, 0.29) is 12.6 Å². The molecule has 0 spiro atoms. The maximum atomic E-state index is 11.4. The van der Waals surface area contributed by atoms with Crippen LogP contribution < -0.4 is 15.2 Å². The van der Waals surface area contributed by atoms with Crippen molar-refractivity contribution in [2.75, 3.05) is 13.1 Å². The Morgan fingerprint density at radius 3 is 2.44 bits per heavy atom. The quantitative estimate of drug-likeness (QED) is 0.555. The number of hydrogen-bond donors (Lipinski definition) is 3. The summed E-state index contributed by atoms with van der Waals surface area (Å²) >= 11 is 0. The average molecular weight is 281 g/mol. The third-order valence-electron chi connectivity index (χ3n) is 2.13. The van der Waals surface area contributed by atoms with E-state index in [4.69, 9.17) is 5.73 Å². The van der Waals surface area contributed by atoms with Crippen molar-refractivity contribution in [1.82, 2.24) is 9.44 Å². The summed E-state index contributed by atoms with van der Waals surface area (Å²) in [5.74, 6) is 0.355. The molecule has 0 rings (SSSR count). The molecule has 1 unspecified atom stereocenters. The second kappa shape index (κ2) is 8.28. The van der Waals surface area contributed by atoms with Gasteiger partial charge in [0.2, 0.25) is 0 Å². The molecule has 0 heterocycles. The van der Waals surface area contributed by atoms with Crippen LogP contribution in [0.4, 0.5) is 4.79 Å². The number of carbonyl (C=O) groups excluding carboxylic acids is 1. The highest BCUT2D eigenvalue weighted by Crippen LogP contribution is 2.01. The summed E-state index contributed by atoms with van der Waals surface area (Å²) in [5, 5.41) is 0. The molecule has 0 bridgehead atoms. The molecular formula is C10H23N3O4S. The van der Waals surface area contributed by atoms with Gasteiger partial charge >= 0.3 is 16.3 Å². The highest BCUT2D eigenvalue weighted by atomic mass is 32.2. The summed E-state index contributed by atoms with van der Waals surface area (Å²) < 4.78 is 31.5. The van der Waals surface area contributed by atoms with Gasteiger partial charge in [-0.3, -0.25) is 0 Å². The van der Waals surface area contributed by atoms with Gasteiger partial charge in [0, 0.05) is 6.54 Å². The van der Waals surface area contributed by atoms with Gasteiger partial charge in [0.25, 0.3) is 0 Å². The van der Waals surface area contributed by atoms with Crippen LogP contribution >= 0.6 is 0 Å². The number of ether oxygens (including phenoxy) is 1. The Labute approximate surface area is 109 Å². The number of nitrogens with two attached hydrogens (primary N) is 1. The molecule has 0 saturated heterocycles. The van der Waals surface area contributed by atoms with Crippen molar-refractivity contribution in [3.63, 3.8) is 0 Å². The standard InChI is InChI=1S/C10H23N3O4S/c1-8(2)17-10(14)13-18(15,16)12-6-4-5-9(3)7-11/h8-9,12H,4-7,11H2,1-3H3,(H,13,14). The molecule has 0 aliphatic rings. The van der Waals surface area contributed by atoms with Crippen LogP contribution in [0.3, 0.4) is 0 Å². The Kier molecular flexibility index (Phi) is 7.88. The number of carbonyl (C=O) groups is 1. The smallest absolute Gasteiger partial charge is 0.422 e. The van der Waals surface area contributed by atoms with Gasteiger partial charge in [-0.2, -0.15) is 13.1 Å². The summed E-state index contributed by atoms with van der Waals surface area (Å²) in [7, 11) is -3.84.